The van der Waals surface area contributed by atoms with E-state index >= 15 is 0 Å². The van der Waals surface area contributed by atoms with Gasteiger partial charge in [-0.3, -0.25) is 4.79 Å². The van der Waals surface area contributed by atoms with Crippen molar-refractivity contribution in [3.63, 3.8) is 0 Å². The summed E-state index contributed by atoms with van der Waals surface area (Å²) in [4.78, 5) is 18.3. The molecule has 0 saturated heterocycles. The van der Waals surface area contributed by atoms with Crippen LogP contribution in [0.2, 0.25) is 0 Å². The Morgan fingerprint density at radius 2 is 1.95 bits per heavy atom. The molecule has 3 N–H and O–H groups in total. The lowest BCUT2D eigenvalue weighted by molar-refractivity contribution is 0.100. The van der Waals surface area contributed by atoms with Gasteiger partial charge in [-0.2, -0.15) is 0 Å². The number of amides is 1. The lowest BCUT2D eigenvalue weighted by atomic mass is 10.1. The monoisotopic (exact) mass is 261 g/mol. The van der Waals surface area contributed by atoms with Gasteiger partial charge in [0, 0.05) is 22.7 Å². The number of fused-ring (bicyclic) bond motifs is 1. The number of aromatic amines is 1. The van der Waals surface area contributed by atoms with Crippen LogP contribution in [0.15, 0.2) is 48.7 Å². The lowest BCUT2D eigenvalue weighted by Crippen LogP contribution is -2.10. The fraction of sp³-hybridized carbons (Fsp3) is 0. The molecule has 3 aromatic rings. The van der Waals surface area contributed by atoms with Crippen LogP contribution >= 0.6 is 0 Å². The van der Waals surface area contributed by atoms with Crippen LogP contribution in [0, 0.1) is 11.8 Å². The molecule has 3 rings (SSSR count). The minimum Gasteiger partial charge on any atom is -0.366 e. The summed E-state index contributed by atoms with van der Waals surface area (Å²) >= 11 is 0. The summed E-state index contributed by atoms with van der Waals surface area (Å²) < 4.78 is 0. The van der Waals surface area contributed by atoms with E-state index in [0.717, 1.165) is 22.3 Å². The maximum atomic E-state index is 11.0. The summed E-state index contributed by atoms with van der Waals surface area (Å²) in [5.41, 5.74) is 8.11. The van der Waals surface area contributed by atoms with Gasteiger partial charge in [-0.1, -0.05) is 5.92 Å². The van der Waals surface area contributed by atoms with Gasteiger partial charge in [0.2, 0.25) is 5.91 Å². The number of aromatic nitrogens is 2. The van der Waals surface area contributed by atoms with Crippen molar-refractivity contribution in [3.05, 3.63) is 65.5 Å². The third-order valence-electron chi connectivity index (χ3n) is 2.90. The highest BCUT2D eigenvalue weighted by atomic mass is 16.1. The van der Waals surface area contributed by atoms with Crippen LogP contribution in [0.25, 0.3) is 11.0 Å². The normalized spacial score (nSPS) is 10.0. The zero-order chi connectivity index (χ0) is 13.9. The maximum absolute atomic E-state index is 11.0. The Morgan fingerprint density at radius 1 is 1.15 bits per heavy atom. The van der Waals surface area contributed by atoms with Crippen molar-refractivity contribution in [2.75, 3.05) is 0 Å². The zero-order valence-electron chi connectivity index (χ0n) is 10.6. The zero-order valence-corrected chi connectivity index (χ0v) is 10.6. The number of nitrogens with two attached hydrogens (primary N) is 1. The Balaban J connectivity index is 1.89. The highest BCUT2D eigenvalue weighted by molar-refractivity contribution is 5.92. The Morgan fingerprint density at radius 3 is 2.65 bits per heavy atom. The number of rotatable bonds is 1. The molecule has 0 aliphatic rings. The van der Waals surface area contributed by atoms with E-state index in [1.807, 2.05) is 18.2 Å². The molecule has 20 heavy (non-hydrogen) atoms. The van der Waals surface area contributed by atoms with E-state index in [9.17, 15) is 4.79 Å². The third kappa shape index (κ3) is 2.38. The van der Waals surface area contributed by atoms with Crippen LogP contribution in [0.4, 0.5) is 0 Å². The second kappa shape index (κ2) is 4.90. The van der Waals surface area contributed by atoms with Gasteiger partial charge >= 0.3 is 0 Å². The second-order valence-corrected chi connectivity index (χ2v) is 4.32. The number of carbonyl (C=O) groups is 1. The molecule has 0 bridgehead atoms. The van der Waals surface area contributed by atoms with Crippen LogP contribution < -0.4 is 5.73 Å². The third-order valence-corrected chi connectivity index (χ3v) is 2.90. The maximum Gasteiger partial charge on any atom is 0.248 e. The van der Waals surface area contributed by atoms with Crippen molar-refractivity contribution in [3.8, 4) is 11.8 Å². The summed E-state index contributed by atoms with van der Waals surface area (Å²) in [5.74, 6) is 5.63. The van der Waals surface area contributed by atoms with Crippen molar-refractivity contribution in [1.29, 1.82) is 0 Å². The Kier molecular flexibility index (Phi) is 2.94. The molecular formula is C16H11N3O. The molecule has 0 radical (unpaired) electrons. The number of hydrogen-bond acceptors (Lipinski definition) is 2. The molecule has 0 spiro atoms. The molecule has 0 unspecified atom stereocenters. The van der Waals surface area contributed by atoms with E-state index in [4.69, 9.17) is 5.73 Å². The van der Waals surface area contributed by atoms with Crippen LogP contribution in [-0.4, -0.2) is 15.9 Å². The number of nitrogens with one attached hydrogen (secondary N) is 1. The van der Waals surface area contributed by atoms with E-state index in [0.29, 0.717) is 5.56 Å². The van der Waals surface area contributed by atoms with Gasteiger partial charge in [0.05, 0.1) is 5.69 Å². The molecule has 0 aliphatic carbocycles. The Labute approximate surface area is 115 Å². The number of H-pyrrole nitrogens is 1. The predicted octanol–water partition coefficient (Wildman–Crippen LogP) is 2.06. The average molecular weight is 261 g/mol. The van der Waals surface area contributed by atoms with Crippen molar-refractivity contribution >= 4 is 16.9 Å². The van der Waals surface area contributed by atoms with Gasteiger partial charge in [0.25, 0.3) is 0 Å². The quantitative estimate of drug-likeness (QED) is 0.658. The fourth-order valence-electron chi connectivity index (χ4n) is 1.88. The number of hydrogen-bond donors (Lipinski definition) is 2. The first-order valence-electron chi connectivity index (χ1n) is 6.08. The van der Waals surface area contributed by atoms with E-state index < -0.39 is 5.91 Å². The number of primary amides is 1. The smallest absolute Gasteiger partial charge is 0.248 e. The molecule has 0 fully saturated rings. The molecule has 4 heteroatoms. The van der Waals surface area contributed by atoms with Gasteiger partial charge < -0.3 is 10.7 Å². The first-order chi connectivity index (χ1) is 9.72. The van der Waals surface area contributed by atoms with Crippen LogP contribution in [0.3, 0.4) is 0 Å². The number of benzene rings is 1. The molecule has 96 valence electrons. The Bertz CT molecular complexity index is 802. The number of carbonyl (C=O) groups excluding carboxylic acids is 1. The van der Waals surface area contributed by atoms with E-state index in [2.05, 4.69) is 21.8 Å². The van der Waals surface area contributed by atoms with Gasteiger partial charge in [0.1, 0.15) is 5.65 Å². The first kappa shape index (κ1) is 12.0. The molecule has 0 aliphatic heterocycles. The average Bonchev–Trinajstić information content (AvgIpc) is 2.88. The minimum absolute atomic E-state index is 0.439. The molecule has 1 amide bonds. The lowest BCUT2D eigenvalue weighted by Gasteiger charge is -1.94. The molecule has 2 heterocycles. The first-order valence-corrected chi connectivity index (χ1v) is 6.08. The molecular weight excluding hydrogens is 250 g/mol. The summed E-state index contributed by atoms with van der Waals surface area (Å²) in [7, 11) is 0. The SMILES string of the molecule is NC(=O)c1ccc(C#Cc2cc3cccnc3[nH]2)cc1. The van der Waals surface area contributed by atoms with E-state index in [1.165, 1.54) is 0 Å². The Hall–Kier alpha value is -3.06. The predicted molar refractivity (Wildman–Crippen MR) is 77.0 cm³/mol. The largest absolute Gasteiger partial charge is 0.366 e. The van der Waals surface area contributed by atoms with Crippen molar-refractivity contribution in [2.45, 2.75) is 0 Å². The highest BCUT2D eigenvalue weighted by Crippen LogP contribution is 2.11. The summed E-state index contributed by atoms with van der Waals surface area (Å²) in [5, 5.41) is 1.03. The van der Waals surface area contributed by atoms with Crippen molar-refractivity contribution < 1.29 is 4.79 Å². The summed E-state index contributed by atoms with van der Waals surface area (Å²) in [6.45, 7) is 0. The summed E-state index contributed by atoms with van der Waals surface area (Å²) in [6, 6.07) is 12.7. The van der Waals surface area contributed by atoms with Gasteiger partial charge in [0.15, 0.2) is 0 Å². The topological polar surface area (TPSA) is 71.8 Å². The van der Waals surface area contributed by atoms with Gasteiger partial charge in [-0.05, 0) is 48.4 Å². The molecule has 4 nitrogen and oxygen atoms in total. The van der Waals surface area contributed by atoms with Crippen molar-refractivity contribution in [1.82, 2.24) is 9.97 Å². The molecule has 2 aromatic heterocycles. The van der Waals surface area contributed by atoms with Crippen LogP contribution in [-0.2, 0) is 0 Å². The molecule has 1 aromatic carbocycles. The number of nitrogens with zero attached hydrogens (tertiary/aromatic N) is 1. The molecule has 0 saturated carbocycles. The second-order valence-electron chi connectivity index (χ2n) is 4.32. The standard InChI is InChI=1S/C16H11N3O/c17-15(20)12-6-3-11(4-7-12)5-8-14-10-13-2-1-9-18-16(13)19-14/h1-4,6-7,9-10H,(H2,17,20)(H,18,19). The van der Waals surface area contributed by atoms with E-state index in [1.54, 1.807) is 30.5 Å². The van der Waals surface area contributed by atoms with Crippen molar-refractivity contribution in [2.24, 2.45) is 5.73 Å². The van der Waals surface area contributed by atoms with Gasteiger partial charge in [-0.15, -0.1) is 0 Å². The van der Waals surface area contributed by atoms with Gasteiger partial charge in [-0.25, -0.2) is 4.98 Å². The fourth-order valence-corrected chi connectivity index (χ4v) is 1.88. The number of pyridine rings is 1. The van der Waals surface area contributed by atoms with E-state index in [-0.39, 0.29) is 0 Å². The summed E-state index contributed by atoms with van der Waals surface area (Å²) in [6.07, 6.45) is 1.73. The van der Waals surface area contributed by atoms with Crippen LogP contribution in [0.1, 0.15) is 21.6 Å². The van der Waals surface area contributed by atoms with Crippen LogP contribution in [0.5, 0.6) is 0 Å². The minimum atomic E-state index is -0.439. The highest BCUT2D eigenvalue weighted by Gasteiger charge is 1.99. The molecule has 0 atom stereocenters.